The Kier molecular flexibility index (Phi) is 2.81. The van der Waals surface area contributed by atoms with Crippen LogP contribution < -0.4 is 11.2 Å². The van der Waals surface area contributed by atoms with Gasteiger partial charge in [-0.1, -0.05) is 0 Å². The highest BCUT2D eigenvalue weighted by Gasteiger charge is 2.09. The van der Waals surface area contributed by atoms with E-state index >= 15 is 0 Å². The van der Waals surface area contributed by atoms with Crippen LogP contribution in [-0.4, -0.2) is 20.8 Å². The average molecular weight is 238 g/mol. The van der Waals surface area contributed by atoms with Crippen LogP contribution in [-0.2, 0) is 6.54 Å². The zero-order chi connectivity index (χ0) is 12.6. The molecule has 90 valence electrons. The van der Waals surface area contributed by atoms with Gasteiger partial charge in [0, 0.05) is 0 Å². The van der Waals surface area contributed by atoms with Crippen LogP contribution in [0.3, 0.4) is 0 Å². The second kappa shape index (κ2) is 4.14. The number of benzene rings is 1. The van der Waals surface area contributed by atoms with Crippen LogP contribution in [0.2, 0.25) is 0 Å². The Bertz CT molecular complexity index is 672. The van der Waals surface area contributed by atoms with E-state index in [4.69, 9.17) is 0 Å². The zero-order valence-electron chi connectivity index (χ0n) is 9.11. The predicted octanol–water partition coefficient (Wildman–Crippen LogP) is 0.210. The summed E-state index contributed by atoms with van der Waals surface area (Å²) in [5.41, 5.74) is -0.942. The molecule has 0 spiro atoms. The zero-order valence-corrected chi connectivity index (χ0v) is 9.11. The molecule has 1 aromatic carbocycles. The van der Waals surface area contributed by atoms with E-state index in [-0.39, 0.29) is 17.4 Å². The lowest BCUT2D eigenvalue weighted by Gasteiger charge is -2.07. The van der Waals surface area contributed by atoms with Crippen molar-refractivity contribution in [1.29, 1.82) is 0 Å². The molecule has 2 aromatic rings. The highest BCUT2D eigenvalue weighted by atomic mass is 19.1. The molecular weight excluding hydrogens is 227 g/mol. The number of aromatic nitrogens is 2. The van der Waals surface area contributed by atoms with Crippen molar-refractivity contribution in [2.45, 2.75) is 19.6 Å². The molecule has 1 heterocycles. The molecule has 1 aromatic heterocycles. The minimum absolute atomic E-state index is 0.0882. The lowest BCUT2D eigenvalue weighted by Crippen LogP contribution is -2.37. The van der Waals surface area contributed by atoms with E-state index in [1.165, 1.54) is 13.0 Å². The molecule has 0 bridgehead atoms. The molecule has 6 heteroatoms. The van der Waals surface area contributed by atoms with Gasteiger partial charge in [-0.25, -0.2) is 9.18 Å². The summed E-state index contributed by atoms with van der Waals surface area (Å²) in [5, 5.41) is 9.28. The average Bonchev–Trinajstić information content (AvgIpc) is 2.25. The molecule has 0 amide bonds. The van der Waals surface area contributed by atoms with Crippen LogP contribution in [0.15, 0.2) is 27.8 Å². The minimum Gasteiger partial charge on any atom is -0.392 e. The number of aliphatic hydroxyl groups excluding tert-OH is 1. The molecule has 1 atom stereocenters. The van der Waals surface area contributed by atoms with Crippen LogP contribution in [0.25, 0.3) is 10.9 Å². The van der Waals surface area contributed by atoms with Crippen molar-refractivity contribution in [3.05, 3.63) is 44.9 Å². The van der Waals surface area contributed by atoms with Crippen molar-refractivity contribution in [2.75, 3.05) is 0 Å². The number of hydrogen-bond acceptors (Lipinski definition) is 3. The van der Waals surface area contributed by atoms with Crippen LogP contribution in [0.4, 0.5) is 4.39 Å². The number of aliphatic hydroxyl groups is 1. The Labute approximate surface area is 95.1 Å². The van der Waals surface area contributed by atoms with Crippen LogP contribution >= 0.6 is 0 Å². The van der Waals surface area contributed by atoms with E-state index in [0.29, 0.717) is 0 Å². The Hall–Kier alpha value is -1.95. The largest absolute Gasteiger partial charge is 0.392 e. The van der Waals surface area contributed by atoms with E-state index < -0.39 is 23.2 Å². The normalized spacial score (nSPS) is 12.9. The summed E-state index contributed by atoms with van der Waals surface area (Å²) < 4.78 is 13.9. The van der Waals surface area contributed by atoms with Crippen molar-refractivity contribution in [3.63, 3.8) is 0 Å². The minimum atomic E-state index is -0.834. The van der Waals surface area contributed by atoms with Crippen molar-refractivity contribution < 1.29 is 9.50 Å². The number of nitrogens with zero attached hydrogens (tertiary/aromatic N) is 1. The molecule has 2 N–H and O–H groups in total. The van der Waals surface area contributed by atoms with E-state index in [2.05, 4.69) is 4.98 Å². The van der Waals surface area contributed by atoms with E-state index in [1.807, 2.05) is 0 Å². The highest BCUT2D eigenvalue weighted by molar-refractivity contribution is 5.77. The Morgan fingerprint density at radius 1 is 1.47 bits per heavy atom. The topological polar surface area (TPSA) is 75.1 Å². The molecule has 0 saturated carbocycles. The third-order valence-corrected chi connectivity index (χ3v) is 2.39. The van der Waals surface area contributed by atoms with E-state index in [9.17, 15) is 19.1 Å². The summed E-state index contributed by atoms with van der Waals surface area (Å²) in [5.74, 6) is -0.551. The monoisotopic (exact) mass is 238 g/mol. The lowest BCUT2D eigenvalue weighted by molar-refractivity contribution is 0.170. The second-order valence-corrected chi connectivity index (χ2v) is 3.88. The molecule has 0 aliphatic rings. The first kappa shape index (κ1) is 11.5. The van der Waals surface area contributed by atoms with Crippen molar-refractivity contribution in [1.82, 2.24) is 9.55 Å². The van der Waals surface area contributed by atoms with Gasteiger partial charge in [0.1, 0.15) is 5.82 Å². The summed E-state index contributed by atoms with van der Waals surface area (Å²) >= 11 is 0. The standard InChI is InChI=1S/C11H11FN2O3/c1-6(15)5-14-10(16)8-4-7(12)2-3-9(8)13-11(14)17/h2-4,6,15H,5H2,1H3,(H,13,17). The first-order chi connectivity index (χ1) is 7.99. The van der Waals surface area contributed by atoms with Gasteiger partial charge >= 0.3 is 5.69 Å². The van der Waals surface area contributed by atoms with Gasteiger partial charge < -0.3 is 10.1 Å². The number of halogens is 1. The maximum Gasteiger partial charge on any atom is 0.328 e. The maximum absolute atomic E-state index is 13.0. The van der Waals surface area contributed by atoms with Crippen LogP contribution in [0.1, 0.15) is 6.92 Å². The van der Waals surface area contributed by atoms with Crippen molar-refractivity contribution in [2.24, 2.45) is 0 Å². The Morgan fingerprint density at radius 2 is 2.18 bits per heavy atom. The number of H-pyrrole nitrogens is 1. The number of hydrogen-bond donors (Lipinski definition) is 2. The molecule has 0 aliphatic carbocycles. The predicted molar refractivity (Wildman–Crippen MR) is 60.5 cm³/mol. The van der Waals surface area contributed by atoms with Gasteiger partial charge in [-0.15, -0.1) is 0 Å². The van der Waals surface area contributed by atoms with Crippen molar-refractivity contribution in [3.8, 4) is 0 Å². The molecule has 17 heavy (non-hydrogen) atoms. The summed E-state index contributed by atoms with van der Waals surface area (Å²) in [4.78, 5) is 25.9. The van der Waals surface area contributed by atoms with Gasteiger partial charge in [-0.2, -0.15) is 0 Å². The molecule has 5 nitrogen and oxygen atoms in total. The summed E-state index contributed by atoms with van der Waals surface area (Å²) in [6.07, 6.45) is -0.834. The Balaban J connectivity index is 2.78. The number of rotatable bonds is 2. The molecule has 0 radical (unpaired) electrons. The quantitative estimate of drug-likeness (QED) is 0.785. The molecular formula is C11H11FN2O3. The van der Waals surface area contributed by atoms with Gasteiger partial charge in [-0.05, 0) is 25.1 Å². The first-order valence-corrected chi connectivity index (χ1v) is 5.09. The fourth-order valence-electron chi connectivity index (χ4n) is 1.65. The Morgan fingerprint density at radius 3 is 2.82 bits per heavy atom. The third-order valence-electron chi connectivity index (χ3n) is 2.39. The lowest BCUT2D eigenvalue weighted by atomic mass is 10.2. The van der Waals surface area contributed by atoms with Crippen molar-refractivity contribution >= 4 is 10.9 Å². The summed E-state index contributed by atoms with van der Waals surface area (Å²) in [6.45, 7) is 1.34. The van der Waals surface area contributed by atoms with Gasteiger partial charge in [0.15, 0.2) is 0 Å². The molecule has 0 aliphatic heterocycles. The van der Waals surface area contributed by atoms with Gasteiger partial charge in [0.05, 0.1) is 23.6 Å². The fraction of sp³-hybridized carbons (Fsp3) is 0.273. The maximum atomic E-state index is 13.0. The van der Waals surface area contributed by atoms with E-state index in [1.54, 1.807) is 0 Å². The van der Waals surface area contributed by atoms with Crippen LogP contribution in [0, 0.1) is 5.82 Å². The first-order valence-electron chi connectivity index (χ1n) is 5.09. The third kappa shape index (κ3) is 2.12. The number of aromatic amines is 1. The molecule has 0 fully saturated rings. The van der Waals surface area contributed by atoms with Gasteiger partial charge in [0.25, 0.3) is 5.56 Å². The van der Waals surface area contributed by atoms with E-state index in [0.717, 1.165) is 16.7 Å². The number of fused-ring (bicyclic) bond motifs is 1. The molecule has 1 unspecified atom stereocenters. The second-order valence-electron chi connectivity index (χ2n) is 3.88. The summed E-state index contributed by atoms with van der Waals surface area (Å²) in [7, 11) is 0. The smallest absolute Gasteiger partial charge is 0.328 e. The molecule has 2 rings (SSSR count). The van der Waals surface area contributed by atoms with Gasteiger partial charge in [-0.3, -0.25) is 9.36 Å². The summed E-state index contributed by atoms with van der Waals surface area (Å²) in [6, 6.07) is 3.56. The SMILES string of the molecule is CC(O)Cn1c(=O)[nH]c2ccc(F)cc2c1=O. The van der Waals surface area contributed by atoms with Gasteiger partial charge in [0.2, 0.25) is 0 Å². The fourth-order valence-corrected chi connectivity index (χ4v) is 1.65. The van der Waals surface area contributed by atoms with Crippen LogP contribution in [0.5, 0.6) is 0 Å². The molecule has 0 saturated heterocycles. The highest BCUT2D eigenvalue weighted by Crippen LogP contribution is 2.07. The number of nitrogens with one attached hydrogen (secondary N) is 1.